The monoisotopic (exact) mass is 228 g/mol. The van der Waals surface area contributed by atoms with Crippen molar-refractivity contribution in [3.63, 3.8) is 0 Å². The van der Waals surface area contributed by atoms with Crippen molar-refractivity contribution in [2.24, 2.45) is 5.92 Å². The van der Waals surface area contributed by atoms with E-state index in [2.05, 4.69) is 56.3 Å². The molecule has 0 aliphatic heterocycles. The van der Waals surface area contributed by atoms with Gasteiger partial charge in [0.2, 0.25) is 0 Å². The van der Waals surface area contributed by atoms with E-state index in [4.69, 9.17) is 0 Å². The van der Waals surface area contributed by atoms with Gasteiger partial charge < -0.3 is 5.11 Å². The van der Waals surface area contributed by atoms with Crippen molar-refractivity contribution in [1.82, 2.24) is 0 Å². The van der Waals surface area contributed by atoms with Crippen LogP contribution in [0.3, 0.4) is 0 Å². The lowest BCUT2D eigenvalue weighted by Crippen LogP contribution is -2.15. The van der Waals surface area contributed by atoms with Gasteiger partial charge in [-0.05, 0) is 35.1 Å². The van der Waals surface area contributed by atoms with Crippen molar-refractivity contribution in [1.29, 1.82) is 0 Å². The van der Waals surface area contributed by atoms with Crippen LogP contribution in [0.5, 0.6) is 0 Å². The molecule has 0 fully saturated rings. The van der Waals surface area contributed by atoms with Crippen molar-refractivity contribution < 1.29 is 5.11 Å². The van der Waals surface area contributed by atoms with E-state index in [-0.39, 0.29) is 6.10 Å². The lowest BCUT2D eigenvalue weighted by atomic mass is 9.96. The van der Waals surface area contributed by atoms with Crippen LogP contribution in [0.2, 0.25) is 0 Å². The maximum Gasteiger partial charge on any atom is 0.0566 e. The maximum absolute atomic E-state index is 9.86. The molecule has 2 rings (SSSR count). The second-order valence-electron chi connectivity index (χ2n) is 4.99. The van der Waals surface area contributed by atoms with Gasteiger partial charge in [0.25, 0.3) is 0 Å². The summed E-state index contributed by atoms with van der Waals surface area (Å²) in [6.45, 7) is 4.13. The van der Waals surface area contributed by atoms with Gasteiger partial charge in [0.15, 0.2) is 0 Å². The highest BCUT2D eigenvalue weighted by atomic mass is 16.3. The van der Waals surface area contributed by atoms with Crippen LogP contribution in [0.1, 0.15) is 25.8 Å². The molecule has 0 saturated carbocycles. The SMILES string of the molecule is CC(C)C(O)CCc1cccc2ccccc12. The third-order valence-electron chi connectivity index (χ3n) is 3.36. The van der Waals surface area contributed by atoms with Crippen molar-refractivity contribution in [3.05, 3.63) is 48.0 Å². The van der Waals surface area contributed by atoms with E-state index >= 15 is 0 Å². The van der Waals surface area contributed by atoms with Crippen molar-refractivity contribution in [2.45, 2.75) is 32.8 Å². The third-order valence-corrected chi connectivity index (χ3v) is 3.36. The van der Waals surface area contributed by atoms with Crippen molar-refractivity contribution >= 4 is 10.8 Å². The Morgan fingerprint density at radius 2 is 1.71 bits per heavy atom. The van der Waals surface area contributed by atoms with Crippen molar-refractivity contribution in [2.75, 3.05) is 0 Å². The van der Waals surface area contributed by atoms with Crippen LogP contribution in [-0.2, 0) is 6.42 Å². The summed E-state index contributed by atoms with van der Waals surface area (Å²) in [5.41, 5.74) is 1.34. The van der Waals surface area contributed by atoms with E-state index in [0.717, 1.165) is 12.8 Å². The summed E-state index contributed by atoms with van der Waals surface area (Å²) in [5.74, 6) is 0.338. The minimum Gasteiger partial charge on any atom is -0.393 e. The van der Waals surface area contributed by atoms with Crippen LogP contribution >= 0.6 is 0 Å². The van der Waals surface area contributed by atoms with Gasteiger partial charge in [-0.15, -0.1) is 0 Å². The van der Waals surface area contributed by atoms with Crippen LogP contribution in [0.4, 0.5) is 0 Å². The van der Waals surface area contributed by atoms with Gasteiger partial charge >= 0.3 is 0 Å². The predicted molar refractivity (Wildman–Crippen MR) is 73.1 cm³/mol. The molecule has 0 aromatic heterocycles. The number of aliphatic hydroxyl groups excluding tert-OH is 1. The number of hydrogen-bond donors (Lipinski definition) is 1. The number of benzene rings is 2. The van der Waals surface area contributed by atoms with Gasteiger partial charge in [-0.2, -0.15) is 0 Å². The Hall–Kier alpha value is -1.34. The topological polar surface area (TPSA) is 20.2 Å². The highest BCUT2D eigenvalue weighted by Gasteiger charge is 2.09. The standard InChI is InChI=1S/C16H20O/c1-12(2)16(17)11-10-14-8-5-7-13-6-3-4-9-15(13)14/h3-9,12,16-17H,10-11H2,1-2H3. The van der Waals surface area contributed by atoms with Gasteiger partial charge in [0.1, 0.15) is 0 Å². The molecule has 0 amide bonds. The highest BCUT2D eigenvalue weighted by molar-refractivity contribution is 5.85. The summed E-state index contributed by atoms with van der Waals surface area (Å²) in [6.07, 6.45) is 1.58. The van der Waals surface area contributed by atoms with E-state index in [1.807, 2.05) is 0 Å². The molecule has 0 bridgehead atoms. The second kappa shape index (κ2) is 5.33. The molecular weight excluding hydrogens is 208 g/mol. The van der Waals surface area contributed by atoms with Gasteiger partial charge in [0.05, 0.1) is 6.10 Å². The zero-order valence-corrected chi connectivity index (χ0v) is 10.6. The number of aliphatic hydroxyl groups is 1. The maximum atomic E-state index is 9.86. The summed E-state index contributed by atoms with van der Waals surface area (Å²) in [6, 6.07) is 14.8. The molecule has 0 aliphatic carbocycles. The second-order valence-corrected chi connectivity index (χ2v) is 4.99. The van der Waals surface area contributed by atoms with Crippen LogP contribution in [0.15, 0.2) is 42.5 Å². The molecule has 0 heterocycles. The highest BCUT2D eigenvalue weighted by Crippen LogP contribution is 2.21. The Bertz CT molecular complexity index is 482. The zero-order chi connectivity index (χ0) is 12.3. The molecule has 17 heavy (non-hydrogen) atoms. The van der Waals surface area contributed by atoms with Crippen molar-refractivity contribution in [3.8, 4) is 0 Å². The molecule has 1 nitrogen and oxygen atoms in total. The van der Waals surface area contributed by atoms with E-state index in [1.165, 1.54) is 16.3 Å². The number of hydrogen-bond acceptors (Lipinski definition) is 1. The van der Waals surface area contributed by atoms with Gasteiger partial charge in [-0.25, -0.2) is 0 Å². The molecule has 1 heteroatoms. The van der Waals surface area contributed by atoms with Gasteiger partial charge in [-0.1, -0.05) is 56.3 Å². The summed E-state index contributed by atoms with van der Waals surface area (Å²) >= 11 is 0. The average Bonchev–Trinajstić information content (AvgIpc) is 2.35. The van der Waals surface area contributed by atoms with Crippen LogP contribution < -0.4 is 0 Å². The number of aryl methyl sites for hydroxylation is 1. The first-order valence-corrected chi connectivity index (χ1v) is 6.33. The van der Waals surface area contributed by atoms with Crippen LogP contribution in [0, 0.1) is 5.92 Å². The zero-order valence-electron chi connectivity index (χ0n) is 10.6. The lowest BCUT2D eigenvalue weighted by Gasteiger charge is -2.14. The first-order valence-electron chi connectivity index (χ1n) is 6.33. The molecule has 0 aliphatic rings. The van der Waals surface area contributed by atoms with Crippen LogP contribution in [-0.4, -0.2) is 11.2 Å². The Morgan fingerprint density at radius 1 is 1.00 bits per heavy atom. The summed E-state index contributed by atoms with van der Waals surface area (Å²) in [5, 5.41) is 12.5. The molecular formula is C16H20O. The molecule has 0 saturated heterocycles. The number of fused-ring (bicyclic) bond motifs is 1. The molecule has 0 spiro atoms. The lowest BCUT2D eigenvalue weighted by molar-refractivity contribution is 0.116. The predicted octanol–water partition coefficient (Wildman–Crippen LogP) is 3.79. The molecule has 1 unspecified atom stereocenters. The molecule has 2 aromatic rings. The fraction of sp³-hybridized carbons (Fsp3) is 0.375. The van der Waals surface area contributed by atoms with Gasteiger partial charge in [-0.3, -0.25) is 0 Å². The first-order chi connectivity index (χ1) is 8.18. The van der Waals surface area contributed by atoms with Gasteiger partial charge in [0, 0.05) is 0 Å². The number of rotatable bonds is 4. The first kappa shape index (κ1) is 12.1. The van der Waals surface area contributed by atoms with Crippen LogP contribution in [0.25, 0.3) is 10.8 Å². The Balaban J connectivity index is 2.19. The van der Waals surface area contributed by atoms with E-state index in [1.54, 1.807) is 0 Å². The summed E-state index contributed by atoms with van der Waals surface area (Å²) in [4.78, 5) is 0. The fourth-order valence-corrected chi connectivity index (χ4v) is 2.15. The Morgan fingerprint density at radius 3 is 2.47 bits per heavy atom. The fourth-order valence-electron chi connectivity index (χ4n) is 2.15. The minimum atomic E-state index is -0.200. The molecule has 1 N–H and O–H groups in total. The van der Waals surface area contributed by atoms with E-state index in [0.29, 0.717) is 5.92 Å². The average molecular weight is 228 g/mol. The van der Waals surface area contributed by atoms with E-state index < -0.39 is 0 Å². The summed E-state index contributed by atoms with van der Waals surface area (Å²) in [7, 11) is 0. The minimum absolute atomic E-state index is 0.200. The molecule has 0 radical (unpaired) electrons. The largest absolute Gasteiger partial charge is 0.393 e. The Labute approximate surface area is 103 Å². The molecule has 90 valence electrons. The molecule has 2 aromatic carbocycles. The quantitative estimate of drug-likeness (QED) is 0.844. The normalized spacial score (nSPS) is 13.2. The van der Waals surface area contributed by atoms with E-state index in [9.17, 15) is 5.11 Å². The summed E-state index contributed by atoms with van der Waals surface area (Å²) < 4.78 is 0. The Kier molecular flexibility index (Phi) is 3.80. The smallest absolute Gasteiger partial charge is 0.0566 e. The third kappa shape index (κ3) is 2.86. The molecule has 1 atom stereocenters.